The molecule has 0 unspecified atom stereocenters. The first-order chi connectivity index (χ1) is 12.1. The topological polar surface area (TPSA) is 32.8 Å². The number of benzene rings is 1. The number of carbonyl (C=O) groups is 1. The minimum atomic E-state index is -0.518. The Morgan fingerprint density at radius 3 is 2.44 bits per heavy atom. The highest BCUT2D eigenvalue weighted by atomic mass is 16.5. The molecule has 3 aliphatic rings. The Hall–Kier alpha value is -1.81. The van der Waals surface area contributed by atoms with Gasteiger partial charge in [0.05, 0.1) is 0 Å². The number of ether oxygens (including phenoxy) is 1. The van der Waals surface area contributed by atoms with Crippen LogP contribution in [0.5, 0.6) is 0 Å². The minimum Gasteiger partial charge on any atom is -0.480 e. The van der Waals surface area contributed by atoms with Crippen LogP contribution < -0.4 is 0 Å². The van der Waals surface area contributed by atoms with E-state index in [1.54, 1.807) is 0 Å². The molecule has 2 heterocycles. The number of carbonyl (C=O) groups excluding carboxylic acids is 1. The fourth-order valence-electron chi connectivity index (χ4n) is 3.95. The van der Waals surface area contributed by atoms with E-state index in [4.69, 9.17) is 4.74 Å². The van der Waals surface area contributed by atoms with E-state index in [1.807, 2.05) is 11.1 Å². The van der Waals surface area contributed by atoms with Gasteiger partial charge in [-0.15, -0.1) is 0 Å². The molecule has 1 aromatic rings. The van der Waals surface area contributed by atoms with Crippen LogP contribution >= 0.6 is 0 Å². The quantitative estimate of drug-likeness (QED) is 0.840. The standard InChI is InChI=1S/C21H28N2O2/c1-16(2)23-15-19(25-21(10-11-21)20(23)24)18-8-12-22(13-9-18)14-17-6-4-3-5-7-17/h3-7,15-16,18H,8-14H2,1-2H3. The molecule has 25 heavy (non-hydrogen) atoms. The fourth-order valence-corrected chi connectivity index (χ4v) is 3.95. The third-order valence-corrected chi connectivity index (χ3v) is 5.70. The number of allylic oxidation sites excluding steroid dienone is 1. The molecule has 1 saturated heterocycles. The molecule has 0 radical (unpaired) electrons. The van der Waals surface area contributed by atoms with Crippen LogP contribution in [0.4, 0.5) is 0 Å². The molecule has 134 valence electrons. The van der Waals surface area contributed by atoms with Crippen LogP contribution in [-0.4, -0.2) is 40.4 Å². The van der Waals surface area contributed by atoms with Gasteiger partial charge in [0.2, 0.25) is 0 Å². The zero-order chi connectivity index (χ0) is 17.4. The molecule has 0 bridgehead atoms. The number of rotatable bonds is 4. The Morgan fingerprint density at radius 2 is 1.84 bits per heavy atom. The molecule has 2 aliphatic heterocycles. The zero-order valence-corrected chi connectivity index (χ0v) is 15.3. The summed E-state index contributed by atoms with van der Waals surface area (Å²) in [7, 11) is 0. The summed E-state index contributed by atoms with van der Waals surface area (Å²) in [4.78, 5) is 17.0. The molecule has 2 fully saturated rings. The second kappa shape index (κ2) is 6.49. The van der Waals surface area contributed by atoms with Crippen molar-refractivity contribution >= 4 is 5.91 Å². The van der Waals surface area contributed by atoms with Crippen LogP contribution in [0.2, 0.25) is 0 Å². The van der Waals surface area contributed by atoms with Crippen molar-refractivity contribution in [2.75, 3.05) is 13.1 Å². The van der Waals surface area contributed by atoms with Crippen molar-refractivity contribution in [3.05, 3.63) is 47.9 Å². The molecule has 1 aromatic carbocycles. The van der Waals surface area contributed by atoms with E-state index in [0.29, 0.717) is 5.92 Å². The third kappa shape index (κ3) is 3.32. The highest BCUT2D eigenvalue weighted by molar-refractivity contribution is 5.90. The van der Waals surface area contributed by atoms with E-state index >= 15 is 0 Å². The zero-order valence-electron chi connectivity index (χ0n) is 15.3. The van der Waals surface area contributed by atoms with E-state index in [0.717, 1.165) is 51.1 Å². The molecule has 0 atom stereocenters. The smallest absolute Gasteiger partial charge is 0.271 e. The van der Waals surface area contributed by atoms with Crippen molar-refractivity contribution in [2.45, 2.75) is 57.7 Å². The van der Waals surface area contributed by atoms with Crippen molar-refractivity contribution in [2.24, 2.45) is 5.92 Å². The maximum Gasteiger partial charge on any atom is 0.271 e. The first-order valence-corrected chi connectivity index (χ1v) is 9.57. The van der Waals surface area contributed by atoms with E-state index in [-0.39, 0.29) is 11.9 Å². The van der Waals surface area contributed by atoms with E-state index in [2.05, 4.69) is 49.1 Å². The molecule has 4 rings (SSSR count). The average molecular weight is 340 g/mol. The Bertz CT molecular complexity index is 656. The maximum absolute atomic E-state index is 12.6. The second-order valence-corrected chi connectivity index (χ2v) is 7.97. The minimum absolute atomic E-state index is 0.160. The summed E-state index contributed by atoms with van der Waals surface area (Å²) in [6, 6.07) is 10.9. The predicted molar refractivity (Wildman–Crippen MR) is 97.6 cm³/mol. The van der Waals surface area contributed by atoms with Crippen molar-refractivity contribution in [3.63, 3.8) is 0 Å². The fraction of sp³-hybridized carbons (Fsp3) is 0.571. The highest BCUT2D eigenvalue weighted by Crippen LogP contribution is 2.47. The molecular formula is C21H28N2O2. The molecule has 1 amide bonds. The molecule has 1 aliphatic carbocycles. The van der Waals surface area contributed by atoms with Crippen LogP contribution in [-0.2, 0) is 16.1 Å². The third-order valence-electron chi connectivity index (χ3n) is 5.70. The van der Waals surface area contributed by atoms with Crippen molar-refractivity contribution < 1.29 is 9.53 Å². The normalized spacial score (nSPS) is 23.7. The number of piperidine rings is 1. The lowest BCUT2D eigenvalue weighted by Crippen LogP contribution is -2.47. The number of likely N-dealkylation sites (tertiary alicyclic amines) is 1. The Kier molecular flexibility index (Phi) is 4.32. The largest absolute Gasteiger partial charge is 0.480 e. The SMILES string of the molecule is CC(C)N1C=C(C2CCN(Cc3ccccc3)CC2)OC2(CC2)C1=O. The Balaban J connectivity index is 1.40. The second-order valence-electron chi connectivity index (χ2n) is 7.97. The molecule has 1 spiro atoms. The van der Waals surface area contributed by atoms with Crippen LogP contribution in [0, 0.1) is 5.92 Å². The number of hydrogen-bond acceptors (Lipinski definition) is 3. The van der Waals surface area contributed by atoms with Crippen LogP contribution in [0.3, 0.4) is 0 Å². The molecule has 0 N–H and O–H groups in total. The van der Waals surface area contributed by atoms with E-state index < -0.39 is 5.60 Å². The summed E-state index contributed by atoms with van der Waals surface area (Å²) in [6.07, 6.45) is 5.95. The predicted octanol–water partition coefficient (Wildman–Crippen LogP) is 3.54. The molecule has 4 nitrogen and oxygen atoms in total. The lowest BCUT2D eigenvalue weighted by Gasteiger charge is -2.39. The van der Waals surface area contributed by atoms with Gasteiger partial charge in [-0.05, 0) is 45.3 Å². The summed E-state index contributed by atoms with van der Waals surface area (Å²) >= 11 is 0. The van der Waals surface area contributed by atoms with Gasteiger partial charge >= 0.3 is 0 Å². The number of nitrogens with zero attached hydrogens (tertiary/aromatic N) is 2. The molecule has 4 heteroatoms. The van der Waals surface area contributed by atoms with Crippen LogP contribution in [0.15, 0.2) is 42.3 Å². The summed E-state index contributed by atoms with van der Waals surface area (Å²) < 4.78 is 6.22. The lowest BCUT2D eigenvalue weighted by molar-refractivity contribution is -0.147. The van der Waals surface area contributed by atoms with Gasteiger partial charge < -0.3 is 9.64 Å². The highest BCUT2D eigenvalue weighted by Gasteiger charge is 2.57. The van der Waals surface area contributed by atoms with E-state index in [1.165, 1.54) is 5.56 Å². The van der Waals surface area contributed by atoms with Gasteiger partial charge in [-0.2, -0.15) is 0 Å². The first-order valence-electron chi connectivity index (χ1n) is 9.57. The summed E-state index contributed by atoms with van der Waals surface area (Å²) in [6.45, 7) is 7.35. The van der Waals surface area contributed by atoms with Gasteiger partial charge in [0, 0.05) is 37.5 Å². The Labute approximate surface area is 150 Å². The average Bonchev–Trinajstić information content (AvgIpc) is 3.39. The van der Waals surface area contributed by atoms with Crippen molar-refractivity contribution in [1.82, 2.24) is 9.80 Å². The van der Waals surface area contributed by atoms with Gasteiger partial charge in [0.25, 0.3) is 5.91 Å². The summed E-state index contributed by atoms with van der Waals surface area (Å²) in [5, 5.41) is 0. The molecular weight excluding hydrogens is 312 g/mol. The van der Waals surface area contributed by atoms with E-state index in [9.17, 15) is 4.79 Å². The summed E-state index contributed by atoms with van der Waals surface area (Å²) in [5.74, 6) is 1.65. The van der Waals surface area contributed by atoms with Gasteiger partial charge in [0.15, 0.2) is 5.60 Å². The van der Waals surface area contributed by atoms with Gasteiger partial charge in [-0.1, -0.05) is 30.3 Å². The molecule has 0 aromatic heterocycles. The van der Waals surface area contributed by atoms with Crippen molar-refractivity contribution in [3.8, 4) is 0 Å². The number of hydrogen-bond donors (Lipinski definition) is 0. The van der Waals surface area contributed by atoms with Gasteiger partial charge in [-0.3, -0.25) is 9.69 Å². The van der Waals surface area contributed by atoms with Crippen LogP contribution in [0.1, 0.15) is 45.1 Å². The monoisotopic (exact) mass is 340 g/mol. The lowest BCUT2D eigenvalue weighted by atomic mass is 9.93. The Morgan fingerprint density at radius 1 is 1.16 bits per heavy atom. The summed E-state index contributed by atoms with van der Waals surface area (Å²) in [5.41, 5.74) is 0.859. The number of amides is 1. The van der Waals surface area contributed by atoms with Gasteiger partial charge in [-0.25, -0.2) is 0 Å². The molecule has 1 saturated carbocycles. The maximum atomic E-state index is 12.6. The van der Waals surface area contributed by atoms with Gasteiger partial charge in [0.1, 0.15) is 5.76 Å². The van der Waals surface area contributed by atoms with Crippen LogP contribution in [0.25, 0.3) is 0 Å². The van der Waals surface area contributed by atoms with Crippen molar-refractivity contribution in [1.29, 1.82) is 0 Å². The first kappa shape index (κ1) is 16.6.